The van der Waals surface area contributed by atoms with Gasteiger partial charge in [-0.05, 0) is 70.3 Å². The smallest absolute Gasteiger partial charge is 0.0686 e. The molecule has 0 bridgehead atoms. The molecule has 0 spiro atoms. The molecule has 0 aliphatic carbocycles. The Morgan fingerprint density at radius 1 is 1.19 bits per heavy atom. The average molecular weight is 418 g/mol. The van der Waals surface area contributed by atoms with Gasteiger partial charge in [-0.1, -0.05) is 0 Å². The fourth-order valence-electron chi connectivity index (χ4n) is 3.31. The minimum absolute atomic E-state index is 0.418. The summed E-state index contributed by atoms with van der Waals surface area (Å²) in [6.07, 6.45) is 5.44. The molecule has 0 aromatic carbocycles. The minimum Gasteiger partial charge on any atom is -0.328 e. The SMILES string of the molecule is NC1CCN(C2CCN(Cc3ncc(Br)cc3Br)C2)CC1. The predicted octanol–water partition coefficient (Wildman–Crippen LogP) is 2.60. The summed E-state index contributed by atoms with van der Waals surface area (Å²) in [6.45, 7) is 5.58. The Labute approximate surface area is 143 Å². The number of nitrogens with zero attached hydrogens (tertiary/aromatic N) is 3. The summed E-state index contributed by atoms with van der Waals surface area (Å²) in [5, 5.41) is 0. The molecule has 1 unspecified atom stereocenters. The molecule has 0 amide bonds. The highest BCUT2D eigenvalue weighted by molar-refractivity contribution is 9.11. The number of nitrogens with two attached hydrogens (primary N) is 1. The van der Waals surface area contributed by atoms with Gasteiger partial charge in [0.25, 0.3) is 0 Å². The standard InChI is InChI=1S/C15H22Br2N4/c16-11-7-14(17)15(19-8-11)10-20-4-3-13(9-20)21-5-1-12(18)2-6-21/h7-8,12-13H,1-6,9-10,18H2. The number of halogens is 2. The summed E-state index contributed by atoms with van der Waals surface area (Å²) < 4.78 is 2.10. The second-order valence-electron chi connectivity index (χ2n) is 6.13. The van der Waals surface area contributed by atoms with E-state index in [-0.39, 0.29) is 0 Å². The van der Waals surface area contributed by atoms with Gasteiger partial charge in [0.05, 0.1) is 5.69 Å². The van der Waals surface area contributed by atoms with Crippen LogP contribution in [-0.4, -0.2) is 53.0 Å². The van der Waals surface area contributed by atoms with Crippen LogP contribution < -0.4 is 5.73 Å². The lowest BCUT2D eigenvalue weighted by molar-refractivity contribution is 0.151. The molecule has 2 aliphatic heterocycles. The van der Waals surface area contributed by atoms with Crippen molar-refractivity contribution < 1.29 is 0 Å². The topological polar surface area (TPSA) is 45.4 Å². The van der Waals surface area contributed by atoms with Gasteiger partial charge in [-0.3, -0.25) is 14.8 Å². The second-order valence-corrected chi connectivity index (χ2v) is 7.90. The highest BCUT2D eigenvalue weighted by Crippen LogP contribution is 2.24. The van der Waals surface area contributed by atoms with E-state index in [2.05, 4.69) is 52.7 Å². The fourth-order valence-corrected chi connectivity index (χ4v) is 4.42. The predicted molar refractivity (Wildman–Crippen MR) is 92.1 cm³/mol. The van der Waals surface area contributed by atoms with Gasteiger partial charge in [0, 0.05) is 46.9 Å². The van der Waals surface area contributed by atoms with Crippen LogP contribution in [0.25, 0.3) is 0 Å². The van der Waals surface area contributed by atoms with Crippen molar-refractivity contribution in [1.82, 2.24) is 14.8 Å². The molecule has 2 N–H and O–H groups in total. The molecular weight excluding hydrogens is 396 g/mol. The number of hydrogen-bond acceptors (Lipinski definition) is 4. The zero-order valence-electron chi connectivity index (χ0n) is 12.1. The summed E-state index contributed by atoms with van der Waals surface area (Å²) in [5.41, 5.74) is 7.12. The molecule has 1 aromatic rings. The molecule has 0 radical (unpaired) electrons. The van der Waals surface area contributed by atoms with Crippen LogP contribution >= 0.6 is 31.9 Å². The molecule has 1 aromatic heterocycles. The lowest BCUT2D eigenvalue weighted by Crippen LogP contribution is -2.46. The van der Waals surface area contributed by atoms with Gasteiger partial charge in [0.2, 0.25) is 0 Å². The zero-order valence-corrected chi connectivity index (χ0v) is 15.3. The van der Waals surface area contributed by atoms with Crippen LogP contribution in [0.15, 0.2) is 21.2 Å². The number of aromatic nitrogens is 1. The van der Waals surface area contributed by atoms with E-state index in [4.69, 9.17) is 5.73 Å². The van der Waals surface area contributed by atoms with Crippen LogP contribution in [0.5, 0.6) is 0 Å². The second kappa shape index (κ2) is 7.04. The summed E-state index contributed by atoms with van der Waals surface area (Å²) in [7, 11) is 0. The van der Waals surface area contributed by atoms with Gasteiger partial charge in [0.15, 0.2) is 0 Å². The van der Waals surface area contributed by atoms with Gasteiger partial charge in [-0.15, -0.1) is 0 Å². The van der Waals surface area contributed by atoms with Crippen molar-refractivity contribution in [2.24, 2.45) is 5.73 Å². The molecule has 0 saturated carbocycles. The molecule has 21 heavy (non-hydrogen) atoms. The molecule has 116 valence electrons. The first-order valence-electron chi connectivity index (χ1n) is 7.64. The molecule has 2 fully saturated rings. The average Bonchev–Trinajstić information content (AvgIpc) is 2.91. The lowest BCUT2D eigenvalue weighted by Gasteiger charge is -2.34. The van der Waals surface area contributed by atoms with E-state index in [1.54, 1.807) is 0 Å². The molecule has 2 aliphatic rings. The molecule has 1 atom stereocenters. The van der Waals surface area contributed by atoms with Crippen molar-refractivity contribution in [3.63, 3.8) is 0 Å². The lowest BCUT2D eigenvalue weighted by atomic mass is 10.0. The number of rotatable bonds is 3. The first-order chi connectivity index (χ1) is 10.1. The number of likely N-dealkylation sites (tertiary alicyclic amines) is 2. The molecule has 4 nitrogen and oxygen atoms in total. The molecule has 2 saturated heterocycles. The number of piperidine rings is 1. The highest BCUT2D eigenvalue weighted by Gasteiger charge is 2.30. The van der Waals surface area contributed by atoms with E-state index in [1.165, 1.54) is 19.5 Å². The van der Waals surface area contributed by atoms with E-state index in [9.17, 15) is 0 Å². The van der Waals surface area contributed by atoms with Crippen molar-refractivity contribution in [3.05, 3.63) is 26.9 Å². The maximum Gasteiger partial charge on any atom is 0.0686 e. The maximum absolute atomic E-state index is 6.00. The van der Waals surface area contributed by atoms with Gasteiger partial charge >= 0.3 is 0 Å². The first kappa shape index (κ1) is 15.9. The third kappa shape index (κ3) is 4.05. The Balaban J connectivity index is 1.55. The van der Waals surface area contributed by atoms with Crippen molar-refractivity contribution in [3.8, 4) is 0 Å². The summed E-state index contributed by atoms with van der Waals surface area (Å²) in [6, 6.07) is 3.19. The Hall–Kier alpha value is -0.0100. The van der Waals surface area contributed by atoms with Crippen molar-refractivity contribution in [2.75, 3.05) is 26.2 Å². The molecular formula is C15H22Br2N4. The third-order valence-electron chi connectivity index (χ3n) is 4.60. The Bertz CT molecular complexity index is 489. The monoisotopic (exact) mass is 416 g/mol. The first-order valence-corrected chi connectivity index (χ1v) is 9.22. The van der Waals surface area contributed by atoms with Crippen LogP contribution in [0.1, 0.15) is 25.0 Å². The highest BCUT2D eigenvalue weighted by atomic mass is 79.9. The summed E-state index contributed by atoms with van der Waals surface area (Å²) >= 11 is 7.06. The summed E-state index contributed by atoms with van der Waals surface area (Å²) in [5.74, 6) is 0. The van der Waals surface area contributed by atoms with Crippen LogP contribution in [0.4, 0.5) is 0 Å². The van der Waals surface area contributed by atoms with Crippen molar-refractivity contribution in [2.45, 2.75) is 37.9 Å². The maximum atomic E-state index is 6.00. The van der Waals surface area contributed by atoms with E-state index in [0.717, 1.165) is 47.1 Å². The summed E-state index contributed by atoms with van der Waals surface area (Å²) in [4.78, 5) is 9.67. The Kier molecular flexibility index (Phi) is 5.32. The van der Waals surface area contributed by atoms with Crippen molar-refractivity contribution in [1.29, 1.82) is 0 Å². The van der Waals surface area contributed by atoms with Gasteiger partial charge in [-0.25, -0.2) is 0 Å². The van der Waals surface area contributed by atoms with E-state index in [0.29, 0.717) is 12.1 Å². The van der Waals surface area contributed by atoms with Crippen molar-refractivity contribution >= 4 is 31.9 Å². The van der Waals surface area contributed by atoms with Crippen LogP contribution in [0.3, 0.4) is 0 Å². The van der Waals surface area contributed by atoms with Crippen LogP contribution in [-0.2, 0) is 6.54 Å². The Morgan fingerprint density at radius 2 is 1.95 bits per heavy atom. The quantitative estimate of drug-likeness (QED) is 0.820. The fraction of sp³-hybridized carbons (Fsp3) is 0.667. The minimum atomic E-state index is 0.418. The number of pyridine rings is 1. The third-order valence-corrected chi connectivity index (χ3v) is 5.72. The molecule has 3 rings (SSSR count). The molecule has 6 heteroatoms. The van der Waals surface area contributed by atoms with E-state index >= 15 is 0 Å². The van der Waals surface area contributed by atoms with Gasteiger partial charge in [0.1, 0.15) is 0 Å². The van der Waals surface area contributed by atoms with E-state index in [1.807, 2.05) is 6.20 Å². The van der Waals surface area contributed by atoms with Crippen LogP contribution in [0.2, 0.25) is 0 Å². The largest absolute Gasteiger partial charge is 0.328 e. The van der Waals surface area contributed by atoms with Gasteiger partial charge in [-0.2, -0.15) is 0 Å². The molecule has 3 heterocycles. The Morgan fingerprint density at radius 3 is 2.67 bits per heavy atom. The van der Waals surface area contributed by atoms with E-state index < -0.39 is 0 Å². The zero-order chi connectivity index (χ0) is 14.8. The number of hydrogen-bond donors (Lipinski definition) is 1. The van der Waals surface area contributed by atoms with Gasteiger partial charge < -0.3 is 5.73 Å². The van der Waals surface area contributed by atoms with Crippen LogP contribution in [0, 0.1) is 0 Å². The normalized spacial score (nSPS) is 25.6.